The number of nitrogen functional groups attached to an aromatic ring is 1. The van der Waals surface area contributed by atoms with E-state index in [0.717, 1.165) is 17.1 Å². The monoisotopic (exact) mass is 285 g/mol. The lowest BCUT2D eigenvalue weighted by atomic mass is 9.86. The molecule has 0 saturated carbocycles. The molecule has 0 atom stereocenters. The zero-order valence-electron chi connectivity index (χ0n) is 13.3. The van der Waals surface area contributed by atoms with Crippen LogP contribution in [0.3, 0.4) is 0 Å². The highest BCUT2D eigenvalue weighted by atomic mass is 15.3. The quantitative estimate of drug-likeness (QED) is 0.595. The number of anilines is 3. The molecule has 2 rings (SSSR count). The Morgan fingerprint density at radius 1 is 1.00 bits per heavy atom. The Bertz CT molecular complexity index is 644. The first-order valence-corrected chi connectivity index (χ1v) is 7.01. The normalized spacial score (nSPS) is 11.3. The first kappa shape index (κ1) is 15.3. The number of nitrogens with one attached hydrogen (secondary N) is 2. The highest BCUT2D eigenvalue weighted by Gasteiger charge is 2.18. The summed E-state index contributed by atoms with van der Waals surface area (Å²) in [6.45, 7) is 10.4. The number of benzene rings is 1. The molecule has 0 saturated heterocycles. The third-order valence-corrected chi connectivity index (χ3v) is 3.38. The number of hydrazine groups is 1. The number of hydrogen-bond donors (Lipinski definition) is 3. The molecule has 0 bridgehead atoms. The zero-order chi connectivity index (χ0) is 15.6. The van der Waals surface area contributed by atoms with Gasteiger partial charge in [0, 0.05) is 11.3 Å². The molecule has 1 heterocycles. The van der Waals surface area contributed by atoms with Gasteiger partial charge in [0.15, 0.2) is 0 Å². The van der Waals surface area contributed by atoms with Crippen molar-refractivity contribution < 1.29 is 0 Å². The predicted octanol–water partition coefficient (Wildman–Crippen LogP) is 3.42. The van der Waals surface area contributed by atoms with Crippen LogP contribution in [0.15, 0.2) is 24.3 Å². The van der Waals surface area contributed by atoms with Gasteiger partial charge in [0.25, 0.3) is 0 Å². The van der Waals surface area contributed by atoms with Crippen molar-refractivity contribution in [1.82, 2.24) is 9.97 Å². The maximum Gasteiger partial charge on any atom is 0.148 e. The largest absolute Gasteiger partial charge is 0.340 e. The summed E-state index contributed by atoms with van der Waals surface area (Å²) >= 11 is 0. The van der Waals surface area contributed by atoms with E-state index in [4.69, 9.17) is 5.84 Å². The summed E-state index contributed by atoms with van der Waals surface area (Å²) in [7, 11) is 0. The van der Waals surface area contributed by atoms with Crippen LogP contribution in [0, 0.1) is 13.8 Å². The standard InChI is InChI=1S/C16H23N5/c1-10-14(18-11(2)19-15(10)21-17)20-13-9-7-6-8-12(13)16(3,4)5/h6-9H,17H2,1-5H3,(H2,18,19,20,21). The van der Waals surface area contributed by atoms with Crippen LogP contribution < -0.4 is 16.6 Å². The van der Waals surface area contributed by atoms with Gasteiger partial charge >= 0.3 is 0 Å². The van der Waals surface area contributed by atoms with Crippen molar-refractivity contribution in [3.63, 3.8) is 0 Å². The maximum absolute atomic E-state index is 5.51. The van der Waals surface area contributed by atoms with Crippen LogP contribution in [-0.2, 0) is 5.41 Å². The number of nitrogens with two attached hydrogens (primary N) is 1. The topological polar surface area (TPSA) is 75.9 Å². The van der Waals surface area contributed by atoms with E-state index in [1.54, 1.807) is 0 Å². The van der Waals surface area contributed by atoms with Gasteiger partial charge in [-0.2, -0.15) is 0 Å². The summed E-state index contributed by atoms with van der Waals surface area (Å²) < 4.78 is 0. The van der Waals surface area contributed by atoms with Crippen LogP contribution >= 0.6 is 0 Å². The third kappa shape index (κ3) is 3.31. The maximum atomic E-state index is 5.51. The summed E-state index contributed by atoms with van der Waals surface area (Å²) in [4.78, 5) is 8.76. The van der Waals surface area contributed by atoms with Crippen molar-refractivity contribution in [2.75, 3.05) is 10.7 Å². The van der Waals surface area contributed by atoms with Gasteiger partial charge in [-0.3, -0.25) is 0 Å². The van der Waals surface area contributed by atoms with E-state index in [1.165, 1.54) is 5.56 Å². The Balaban J connectivity index is 2.47. The summed E-state index contributed by atoms with van der Waals surface area (Å²) in [5.41, 5.74) is 5.85. The Labute approximate surface area is 126 Å². The number of hydrogen-bond acceptors (Lipinski definition) is 5. The Kier molecular flexibility index (Phi) is 4.14. The molecule has 0 spiro atoms. The molecule has 5 heteroatoms. The Morgan fingerprint density at radius 2 is 1.62 bits per heavy atom. The van der Waals surface area contributed by atoms with E-state index in [2.05, 4.69) is 59.7 Å². The minimum atomic E-state index is 0.0501. The Morgan fingerprint density at radius 3 is 2.24 bits per heavy atom. The molecule has 4 N–H and O–H groups in total. The fourth-order valence-electron chi connectivity index (χ4n) is 2.26. The van der Waals surface area contributed by atoms with Crippen LogP contribution in [0.4, 0.5) is 17.3 Å². The second-order valence-corrected chi connectivity index (χ2v) is 6.16. The van der Waals surface area contributed by atoms with Gasteiger partial charge in [0.2, 0.25) is 0 Å². The van der Waals surface area contributed by atoms with E-state index >= 15 is 0 Å². The fraction of sp³-hybridized carbons (Fsp3) is 0.375. The van der Waals surface area contributed by atoms with Crippen LogP contribution in [0.5, 0.6) is 0 Å². The summed E-state index contributed by atoms with van der Waals surface area (Å²) in [5.74, 6) is 7.59. The molecule has 1 aromatic carbocycles. The molecule has 0 unspecified atom stereocenters. The van der Waals surface area contributed by atoms with E-state index < -0.39 is 0 Å². The van der Waals surface area contributed by atoms with Crippen molar-refractivity contribution in [2.24, 2.45) is 5.84 Å². The van der Waals surface area contributed by atoms with Crippen LogP contribution in [0.1, 0.15) is 37.7 Å². The first-order chi connectivity index (χ1) is 9.82. The number of aromatic nitrogens is 2. The van der Waals surface area contributed by atoms with Crippen LogP contribution in [0.2, 0.25) is 0 Å². The first-order valence-electron chi connectivity index (χ1n) is 7.01. The molecule has 0 aliphatic carbocycles. The molecular formula is C16H23N5. The van der Waals surface area contributed by atoms with E-state index in [9.17, 15) is 0 Å². The summed E-state index contributed by atoms with van der Waals surface area (Å²) in [6, 6.07) is 8.26. The molecule has 0 amide bonds. The highest BCUT2D eigenvalue weighted by Crippen LogP contribution is 2.32. The van der Waals surface area contributed by atoms with Gasteiger partial charge in [-0.05, 0) is 30.9 Å². The minimum Gasteiger partial charge on any atom is -0.340 e. The van der Waals surface area contributed by atoms with Gasteiger partial charge in [-0.1, -0.05) is 39.0 Å². The zero-order valence-corrected chi connectivity index (χ0v) is 13.3. The molecule has 21 heavy (non-hydrogen) atoms. The minimum absolute atomic E-state index is 0.0501. The lowest BCUT2D eigenvalue weighted by Crippen LogP contribution is -2.15. The molecule has 5 nitrogen and oxygen atoms in total. The van der Waals surface area contributed by atoms with Gasteiger partial charge in [0.1, 0.15) is 17.5 Å². The average Bonchev–Trinajstić information content (AvgIpc) is 2.42. The van der Waals surface area contributed by atoms with Gasteiger partial charge in [0.05, 0.1) is 0 Å². The second-order valence-electron chi connectivity index (χ2n) is 6.16. The highest BCUT2D eigenvalue weighted by molar-refractivity contribution is 5.67. The van der Waals surface area contributed by atoms with Crippen molar-refractivity contribution in [3.05, 3.63) is 41.2 Å². The van der Waals surface area contributed by atoms with Crippen molar-refractivity contribution in [3.8, 4) is 0 Å². The second kappa shape index (κ2) is 5.69. The van der Waals surface area contributed by atoms with Crippen molar-refractivity contribution in [2.45, 2.75) is 40.0 Å². The number of nitrogens with zero attached hydrogens (tertiary/aromatic N) is 2. The van der Waals surface area contributed by atoms with E-state index in [1.807, 2.05) is 19.9 Å². The van der Waals surface area contributed by atoms with E-state index in [0.29, 0.717) is 11.6 Å². The molecule has 0 fully saturated rings. The van der Waals surface area contributed by atoms with E-state index in [-0.39, 0.29) is 5.41 Å². The molecule has 2 aromatic rings. The van der Waals surface area contributed by atoms with Crippen molar-refractivity contribution >= 4 is 17.3 Å². The van der Waals surface area contributed by atoms with Crippen LogP contribution in [0.25, 0.3) is 0 Å². The van der Waals surface area contributed by atoms with Crippen LogP contribution in [-0.4, -0.2) is 9.97 Å². The lowest BCUT2D eigenvalue weighted by molar-refractivity contribution is 0.592. The van der Waals surface area contributed by atoms with Gasteiger partial charge in [-0.25, -0.2) is 15.8 Å². The predicted molar refractivity (Wildman–Crippen MR) is 87.7 cm³/mol. The van der Waals surface area contributed by atoms with Gasteiger partial charge < -0.3 is 10.7 Å². The molecule has 0 aliphatic heterocycles. The molecule has 0 aliphatic rings. The average molecular weight is 285 g/mol. The summed E-state index contributed by atoms with van der Waals surface area (Å²) in [6.07, 6.45) is 0. The number of rotatable bonds is 3. The van der Waals surface area contributed by atoms with Crippen molar-refractivity contribution in [1.29, 1.82) is 0 Å². The molecule has 112 valence electrons. The third-order valence-electron chi connectivity index (χ3n) is 3.38. The summed E-state index contributed by atoms with van der Waals surface area (Å²) in [5, 5.41) is 3.42. The smallest absolute Gasteiger partial charge is 0.148 e. The number of aryl methyl sites for hydroxylation is 1. The Hall–Kier alpha value is -2.14. The van der Waals surface area contributed by atoms with Gasteiger partial charge in [-0.15, -0.1) is 0 Å². The molecule has 0 radical (unpaired) electrons. The molecular weight excluding hydrogens is 262 g/mol. The lowest BCUT2D eigenvalue weighted by Gasteiger charge is -2.23. The number of para-hydroxylation sites is 1. The fourth-order valence-corrected chi connectivity index (χ4v) is 2.26. The molecule has 1 aromatic heterocycles. The SMILES string of the molecule is Cc1nc(NN)c(C)c(Nc2ccccc2C(C)(C)C)n1.